The summed E-state index contributed by atoms with van der Waals surface area (Å²) >= 11 is 0. The van der Waals surface area contributed by atoms with Crippen molar-refractivity contribution >= 4 is 18.3 Å². The molecule has 21 heavy (non-hydrogen) atoms. The molecule has 8 heteroatoms. The zero-order valence-electron chi connectivity index (χ0n) is 11.5. The fourth-order valence-corrected chi connectivity index (χ4v) is 1.46. The van der Waals surface area contributed by atoms with Crippen molar-refractivity contribution in [2.45, 2.75) is 19.3 Å². The van der Waals surface area contributed by atoms with Gasteiger partial charge >= 0.3 is 6.18 Å². The average molecular weight is 327 g/mol. The van der Waals surface area contributed by atoms with E-state index in [0.29, 0.717) is 12.1 Å². The van der Waals surface area contributed by atoms with Crippen molar-refractivity contribution in [3.05, 3.63) is 35.4 Å². The lowest BCUT2D eigenvalue weighted by atomic mass is 10.1. The first-order valence-corrected chi connectivity index (χ1v) is 6.04. The number of hydrogen-bond acceptors (Lipinski definition) is 3. The topological polar surface area (TPSA) is 50.4 Å². The predicted octanol–water partition coefficient (Wildman–Crippen LogP) is 2.02. The van der Waals surface area contributed by atoms with Crippen molar-refractivity contribution < 1.29 is 22.7 Å². The number of benzene rings is 1. The summed E-state index contributed by atoms with van der Waals surface area (Å²) in [5, 5.41) is 5.43. The molecule has 0 aliphatic carbocycles. The standard InChI is InChI=1S/C13H17F3N2O2.ClH/c1-17-7-12(19)18-6-10-2-4-11(5-3-10)8-20-9-13(14,15)16;/h2-5,17H,6-9H2,1H3,(H,18,19);1H. The van der Waals surface area contributed by atoms with Crippen molar-refractivity contribution in [2.75, 3.05) is 20.2 Å². The van der Waals surface area contributed by atoms with Crippen LogP contribution in [-0.2, 0) is 22.7 Å². The number of carbonyl (C=O) groups is 1. The Morgan fingerprint density at radius 3 is 2.29 bits per heavy atom. The Bertz CT molecular complexity index is 424. The maximum atomic E-state index is 11.9. The van der Waals surface area contributed by atoms with Gasteiger partial charge < -0.3 is 15.4 Å². The second-order valence-corrected chi connectivity index (χ2v) is 4.23. The number of halogens is 4. The highest BCUT2D eigenvalue weighted by atomic mass is 35.5. The number of rotatable bonds is 7. The number of carbonyl (C=O) groups excluding carboxylic acids is 1. The predicted molar refractivity (Wildman–Crippen MR) is 75.2 cm³/mol. The largest absolute Gasteiger partial charge is 0.411 e. The molecule has 0 aliphatic heterocycles. The summed E-state index contributed by atoms with van der Waals surface area (Å²) in [7, 11) is 1.68. The summed E-state index contributed by atoms with van der Waals surface area (Å²) in [5.41, 5.74) is 1.52. The summed E-state index contributed by atoms with van der Waals surface area (Å²) in [4.78, 5) is 11.2. The third-order valence-electron chi connectivity index (χ3n) is 2.38. The van der Waals surface area contributed by atoms with Crippen molar-refractivity contribution in [3.63, 3.8) is 0 Å². The minimum Gasteiger partial charge on any atom is -0.367 e. The smallest absolute Gasteiger partial charge is 0.367 e. The first kappa shape index (κ1) is 19.7. The van der Waals surface area contributed by atoms with Crippen molar-refractivity contribution in [2.24, 2.45) is 0 Å². The second-order valence-electron chi connectivity index (χ2n) is 4.23. The molecule has 0 saturated carbocycles. The van der Waals surface area contributed by atoms with E-state index in [1.54, 1.807) is 31.3 Å². The molecule has 0 fully saturated rings. The van der Waals surface area contributed by atoms with E-state index in [-0.39, 0.29) is 31.5 Å². The van der Waals surface area contributed by atoms with E-state index in [2.05, 4.69) is 15.4 Å². The molecule has 0 bridgehead atoms. The van der Waals surface area contributed by atoms with Crippen LogP contribution in [0.5, 0.6) is 0 Å². The van der Waals surface area contributed by atoms with Gasteiger partial charge in [0, 0.05) is 6.54 Å². The SMILES string of the molecule is CNCC(=O)NCc1ccc(COCC(F)(F)F)cc1.Cl. The maximum absolute atomic E-state index is 11.9. The summed E-state index contributed by atoms with van der Waals surface area (Å²) in [6.07, 6.45) is -4.31. The first-order valence-electron chi connectivity index (χ1n) is 6.04. The van der Waals surface area contributed by atoms with Crippen LogP contribution in [0.15, 0.2) is 24.3 Å². The molecule has 0 aromatic heterocycles. The molecular weight excluding hydrogens is 309 g/mol. The van der Waals surface area contributed by atoms with Gasteiger partial charge in [0.25, 0.3) is 0 Å². The Morgan fingerprint density at radius 1 is 1.19 bits per heavy atom. The van der Waals surface area contributed by atoms with E-state index in [0.717, 1.165) is 5.56 Å². The molecule has 0 heterocycles. The van der Waals surface area contributed by atoms with E-state index >= 15 is 0 Å². The van der Waals surface area contributed by atoms with Gasteiger partial charge in [0.2, 0.25) is 5.91 Å². The molecule has 0 spiro atoms. The normalized spacial score (nSPS) is 10.9. The second kappa shape index (κ2) is 9.59. The Balaban J connectivity index is 0.00000400. The van der Waals surface area contributed by atoms with Gasteiger partial charge in [0.05, 0.1) is 13.2 Å². The van der Waals surface area contributed by atoms with Gasteiger partial charge in [-0.15, -0.1) is 12.4 Å². The van der Waals surface area contributed by atoms with Crippen LogP contribution >= 0.6 is 12.4 Å². The first-order chi connectivity index (χ1) is 9.40. The van der Waals surface area contributed by atoms with E-state index in [1.807, 2.05) is 0 Å². The van der Waals surface area contributed by atoms with Gasteiger partial charge in [-0.25, -0.2) is 0 Å². The molecule has 0 radical (unpaired) electrons. The third kappa shape index (κ3) is 9.28. The molecule has 0 unspecified atom stereocenters. The van der Waals surface area contributed by atoms with Gasteiger partial charge in [-0.1, -0.05) is 24.3 Å². The number of amides is 1. The fraction of sp³-hybridized carbons (Fsp3) is 0.462. The molecule has 0 aliphatic rings. The van der Waals surface area contributed by atoms with Crippen LogP contribution in [0.4, 0.5) is 13.2 Å². The molecule has 1 aromatic carbocycles. The molecule has 1 rings (SSSR count). The van der Waals surface area contributed by atoms with Gasteiger partial charge in [-0.05, 0) is 18.2 Å². The monoisotopic (exact) mass is 326 g/mol. The highest BCUT2D eigenvalue weighted by molar-refractivity contribution is 5.85. The van der Waals surface area contributed by atoms with Crippen LogP contribution in [-0.4, -0.2) is 32.3 Å². The van der Waals surface area contributed by atoms with Gasteiger partial charge in [0.1, 0.15) is 6.61 Å². The Morgan fingerprint density at radius 2 is 1.76 bits per heavy atom. The maximum Gasteiger partial charge on any atom is 0.411 e. The fourth-order valence-electron chi connectivity index (χ4n) is 1.46. The minimum absolute atomic E-state index is 0. The molecule has 1 aromatic rings. The van der Waals surface area contributed by atoms with Gasteiger partial charge in [-0.2, -0.15) is 13.2 Å². The lowest BCUT2D eigenvalue weighted by Gasteiger charge is -2.08. The summed E-state index contributed by atoms with van der Waals surface area (Å²) in [6.45, 7) is -0.728. The number of likely N-dealkylation sites (N-methyl/N-ethyl adjacent to an activating group) is 1. The van der Waals surface area contributed by atoms with Crippen molar-refractivity contribution in [1.82, 2.24) is 10.6 Å². The molecule has 2 N–H and O–H groups in total. The Kier molecular flexibility index (Phi) is 9.00. The molecule has 4 nitrogen and oxygen atoms in total. The number of ether oxygens (including phenoxy) is 1. The minimum atomic E-state index is -4.31. The van der Waals surface area contributed by atoms with Crippen LogP contribution in [0.3, 0.4) is 0 Å². The third-order valence-corrected chi connectivity index (χ3v) is 2.38. The lowest BCUT2D eigenvalue weighted by Crippen LogP contribution is -2.31. The molecule has 1 amide bonds. The zero-order valence-corrected chi connectivity index (χ0v) is 12.3. The average Bonchev–Trinajstić information content (AvgIpc) is 2.37. The van der Waals surface area contributed by atoms with Crippen LogP contribution < -0.4 is 10.6 Å². The Hall–Kier alpha value is -1.31. The molecule has 0 atom stereocenters. The van der Waals surface area contributed by atoms with Gasteiger partial charge in [-0.3, -0.25) is 4.79 Å². The quantitative estimate of drug-likeness (QED) is 0.806. The van der Waals surface area contributed by atoms with E-state index in [4.69, 9.17) is 0 Å². The molecular formula is C13H18ClF3N2O2. The Labute approximate surface area is 127 Å². The zero-order chi connectivity index (χ0) is 15.0. The molecule has 120 valence electrons. The number of alkyl halides is 3. The van der Waals surface area contributed by atoms with Crippen LogP contribution in [0.2, 0.25) is 0 Å². The van der Waals surface area contributed by atoms with Crippen LogP contribution in [0.1, 0.15) is 11.1 Å². The summed E-state index contributed by atoms with van der Waals surface area (Å²) in [6, 6.07) is 6.84. The van der Waals surface area contributed by atoms with E-state index < -0.39 is 12.8 Å². The lowest BCUT2D eigenvalue weighted by molar-refractivity contribution is -0.176. The summed E-state index contributed by atoms with van der Waals surface area (Å²) in [5.74, 6) is -0.120. The molecule has 0 saturated heterocycles. The van der Waals surface area contributed by atoms with E-state index in [1.165, 1.54) is 0 Å². The van der Waals surface area contributed by atoms with Crippen molar-refractivity contribution in [1.29, 1.82) is 0 Å². The van der Waals surface area contributed by atoms with Crippen molar-refractivity contribution in [3.8, 4) is 0 Å². The summed E-state index contributed by atoms with van der Waals surface area (Å²) < 4.78 is 40.2. The van der Waals surface area contributed by atoms with Crippen LogP contribution in [0, 0.1) is 0 Å². The highest BCUT2D eigenvalue weighted by Crippen LogP contribution is 2.15. The highest BCUT2D eigenvalue weighted by Gasteiger charge is 2.27. The van der Waals surface area contributed by atoms with E-state index in [9.17, 15) is 18.0 Å². The van der Waals surface area contributed by atoms with Crippen LogP contribution in [0.25, 0.3) is 0 Å². The number of hydrogen-bond donors (Lipinski definition) is 2. The number of nitrogens with one attached hydrogen (secondary N) is 2. The van der Waals surface area contributed by atoms with Gasteiger partial charge in [0.15, 0.2) is 0 Å².